The van der Waals surface area contributed by atoms with Gasteiger partial charge in [0.2, 0.25) is 0 Å². The second kappa shape index (κ2) is 9.86. The van der Waals surface area contributed by atoms with Crippen molar-refractivity contribution in [3.63, 3.8) is 0 Å². The van der Waals surface area contributed by atoms with Gasteiger partial charge in [0.05, 0.1) is 13.2 Å². The van der Waals surface area contributed by atoms with Crippen LogP contribution in [0.4, 0.5) is 0 Å². The Kier molecular flexibility index (Phi) is 9.70. The van der Waals surface area contributed by atoms with Gasteiger partial charge in [0.1, 0.15) is 0 Å². The lowest BCUT2D eigenvalue weighted by Gasteiger charge is -2.03. The number of carbonyl (C=O) groups excluding carboxylic acids is 1. The molecule has 0 spiro atoms. The predicted octanol–water partition coefficient (Wildman–Crippen LogP) is 1.28. The third-order valence-electron chi connectivity index (χ3n) is 1.53. The van der Waals surface area contributed by atoms with Gasteiger partial charge in [-0.3, -0.25) is 4.79 Å². The molecule has 3 nitrogen and oxygen atoms in total. The average Bonchev–Trinajstić information content (AvgIpc) is 2.11. The highest BCUT2D eigenvalue weighted by Crippen LogP contribution is 1.97. The number of nitrogens with one attached hydrogen (secondary N) is 1. The Labute approximate surface area is 84.6 Å². The van der Waals surface area contributed by atoms with Gasteiger partial charge in [0.25, 0.3) is 0 Å². The van der Waals surface area contributed by atoms with Gasteiger partial charge in [-0.25, -0.2) is 0 Å². The van der Waals surface area contributed by atoms with Crippen LogP contribution in [0, 0.1) is 0 Å². The van der Waals surface area contributed by atoms with Crippen molar-refractivity contribution in [2.24, 2.45) is 0 Å². The number of esters is 1. The van der Waals surface area contributed by atoms with Gasteiger partial charge in [0.15, 0.2) is 0 Å². The molecule has 0 aromatic rings. The number of unbranched alkanes of at least 4 members (excludes halogenated alkanes) is 1. The molecular weight excluding hydrogens is 186 g/mol. The monoisotopic (exact) mass is 205 g/mol. The molecule has 0 aromatic heterocycles. The molecule has 4 heteroatoms. The van der Waals surface area contributed by atoms with Crippen molar-refractivity contribution >= 4 is 17.7 Å². The van der Waals surface area contributed by atoms with Crippen LogP contribution in [0.1, 0.15) is 19.8 Å². The quantitative estimate of drug-likeness (QED) is 0.478. The fourth-order valence-electron chi connectivity index (χ4n) is 0.899. The van der Waals surface area contributed by atoms with Gasteiger partial charge in [-0.2, -0.15) is 11.8 Å². The van der Waals surface area contributed by atoms with Crippen LogP contribution in [0.15, 0.2) is 0 Å². The molecule has 0 radical (unpaired) electrons. The zero-order chi connectivity index (χ0) is 9.94. The SMILES string of the molecule is CCOC(=O)CNCCCCSC. The van der Waals surface area contributed by atoms with Crippen molar-refractivity contribution in [1.82, 2.24) is 5.32 Å². The number of hydrogen-bond acceptors (Lipinski definition) is 4. The lowest BCUT2D eigenvalue weighted by molar-refractivity contribution is -0.141. The van der Waals surface area contributed by atoms with E-state index in [1.807, 2.05) is 18.7 Å². The summed E-state index contributed by atoms with van der Waals surface area (Å²) in [4.78, 5) is 10.8. The van der Waals surface area contributed by atoms with Gasteiger partial charge >= 0.3 is 5.97 Å². The number of carbonyl (C=O) groups is 1. The van der Waals surface area contributed by atoms with E-state index < -0.39 is 0 Å². The van der Waals surface area contributed by atoms with Gasteiger partial charge in [-0.15, -0.1) is 0 Å². The highest BCUT2D eigenvalue weighted by atomic mass is 32.2. The Balaban J connectivity index is 3.02. The zero-order valence-corrected chi connectivity index (χ0v) is 9.28. The molecule has 0 aliphatic carbocycles. The van der Waals surface area contributed by atoms with E-state index in [2.05, 4.69) is 11.6 Å². The number of thioether (sulfide) groups is 1. The molecule has 0 amide bonds. The molecular formula is C9H19NO2S. The summed E-state index contributed by atoms with van der Waals surface area (Å²) in [6.45, 7) is 3.52. The summed E-state index contributed by atoms with van der Waals surface area (Å²) in [6, 6.07) is 0. The molecule has 0 aliphatic rings. The first kappa shape index (κ1) is 12.8. The van der Waals surface area contributed by atoms with Gasteiger partial charge in [0, 0.05) is 0 Å². The fourth-order valence-corrected chi connectivity index (χ4v) is 1.39. The van der Waals surface area contributed by atoms with E-state index >= 15 is 0 Å². The smallest absolute Gasteiger partial charge is 0.319 e. The summed E-state index contributed by atoms with van der Waals surface area (Å²) in [6.07, 6.45) is 4.43. The average molecular weight is 205 g/mol. The molecule has 0 aromatic carbocycles. The van der Waals surface area contributed by atoms with Crippen LogP contribution in [0.3, 0.4) is 0 Å². The fraction of sp³-hybridized carbons (Fsp3) is 0.889. The normalized spacial score (nSPS) is 10.0. The van der Waals surface area contributed by atoms with Crippen LogP contribution < -0.4 is 5.32 Å². The molecule has 13 heavy (non-hydrogen) atoms. The van der Waals surface area contributed by atoms with Crippen LogP contribution in [0.2, 0.25) is 0 Å². The Hall–Kier alpha value is -0.220. The third kappa shape index (κ3) is 9.70. The van der Waals surface area contributed by atoms with Gasteiger partial charge in [-0.05, 0) is 38.3 Å². The van der Waals surface area contributed by atoms with E-state index in [1.54, 1.807) is 0 Å². The van der Waals surface area contributed by atoms with Crippen molar-refractivity contribution in [3.8, 4) is 0 Å². The molecule has 1 N–H and O–H groups in total. The van der Waals surface area contributed by atoms with Crippen LogP contribution in [-0.2, 0) is 9.53 Å². The first-order valence-electron chi connectivity index (χ1n) is 4.66. The minimum absolute atomic E-state index is 0.160. The summed E-state index contributed by atoms with van der Waals surface area (Å²) >= 11 is 1.85. The van der Waals surface area contributed by atoms with Crippen LogP contribution in [0.25, 0.3) is 0 Å². The maximum atomic E-state index is 10.8. The minimum Gasteiger partial charge on any atom is -0.465 e. The van der Waals surface area contributed by atoms with Gasteiger partial charge < -0.3 is 10.1 Å². The third-order valence-corrected chi connectivity index (χ3v) is 2.22. The minimum atomic E-state index is -0.160. The molecule has 0 rings (SSSR count). The predicted molar refractivity (Wildman–Crippen MR) is 57.1 cm³/mol. The van der Waals surface area contributed by atoms with Crippen molar-refractivity contribution in [3.05, 3.63) is 0 Å². The molecule has 0 saturated heterocycles. The zero-order valence-electron chi connectivity index (χ0n) is 8.47. The lowest BCUT2D eigenvalue weighted by atomic mass is 10.3. The van der Waals surface area contributed by atoms with E-state index in [4.69, 9.17) is 4.74 Å². The Morgan fingerprint density at radius 1 is 1.46 bits per heavy atom. The van der Waals surface area contributed by atoms with Crippen LogP contribution in [0.5, 0.6) is 0 Å². The van der Waals surface area contributed by atoms with Crippen molar-refractivity contribution < 1.29 is 9.53 Å². The first-order chi connectivity index (χ1) is 6.31. The van der Waals surface area contributed by atoms with Crippen molar-refractivity contribution in [2.75, 3.05) is 31.7 Å². The lowest BCUT2D eigenvalue weighted by Crippen LogP contribution is -2.25. The Morgan fingerprint density at radius 3 is 2.85 bits per heavy atom. The molecule has 0 aliphatic heterocycles. The van der Waals surface area contributed by atoms with E-state index in [0.717, 1.165) is 13.0 Å². The largest absolute Gasteiger partial charge is 0.465 e. The maximum Gasteiger partial charge on any atom is 0.319 e. The summed E-state index contributed by atoms with van der Waals surface area (Å²) in [5.41, 5.74) is 0. The molecule has 78 valence electrons. The Bertz CT molecular complexity index is 131. The summed E-state index contributed by atoms with van der Waals surface area (Å²) < 4.78 is 4.76. The van der Waals surface area contributed by atoms with Crippen molar-refractivity contribution in [2.45, 2.75) is 19.8 Å². The second-order valence-electron chi connectivity index (χ2n) is 2.68. The first-order valence-corrected chi connectivity index (χ1v) is 6.06. The van der Waals surface area contributed by atoms with Gasteiger partial charge in [-0.1, -0.05) is 0 Å². The summed E-state index contributed by atoms with van der Waals surface area (Å²) in [7, 11) is 0. The molecule has 0 bridgehead atoms. The second-order valence-corrected chi connectivity index (χ2v) is 3.67. The number of hydrogen-bond donors (Lipinski definition) is 1. The number of rotatable bonds is 8. The molecule has 0 atom stereocenters. The van der Waals surface area contributed by atoms with E-state index in [9.17, 15) is 4.79 Å². The highest BCUT2D eigenvalue weighted by molar-refractivity contribution is 7.98. The summed E-state index contributed by atoms with van der Waals surface area (Å²) in [5.74, 6) is 1.04. The van der Waals surface area contributed by atoms with E-state index in [0.29, 0.717) is 13.2 Å². The topological polar surface area (TPSA) is 38.3 Å². The van der Waals surface area contributed by atoms with Crippen molar-refractivity contribution in [1.29, 1.82) is 0 Å². The molecule has 0 fully saturated rings. The van der Waals surface area contributed by atoms with E-state index in [-0.39, 0.29) is 5.97 Å². The molecule has 0 heterocycles. The van der Waals surface area contributed by atoms with E-state index in [1.165, 1.54) is 12.2 Å². The highest BCUT2D eigenvalue weighted by Gasteiger charge is 1.98. The van der Waals surface area contributed by atoms with Crippen LogP contribution >= 0.6 is 11.8 Å². The summed E-state index contributed by atoms with van der Waals surface area (Å²) in [5, 5.41) is 3.05. The number of ether oxygens (including phenoxy) is 1. The molecule has 0 unspecified atom stereocenters. The molecule has 0 saturated carbocycles. The standard InChI is InChI=1S/C9H19NO2S/c1-3-12-9(11)8-10-6-4-5-7-13-2/h10H,3-8H2,1-2H3. The Morgan fingerprint density at radius 2 is 2.23 bits per heavy atom. The maximum absolute atomic E-state index is 10.8. The van der Waals surface area contributed by atoms with Crippen LogP contribution in [-0.4, -0.2) is 37.7 Å².